The third-order valence-electron chi connectivity index (χ3n) is 3.22. The molecule has 3 aromatic heterocycles. The van der Waals surface area contributed by atoms with Crippen LogP contribution in [0.25, 0.3) is 16.9 Å². The molecule has 4 aromatic rings. The fourth-order valence-electron chi connectivity index (χ4n) is 2.23. The van der Waals surface area contributed by atoms with E-state index in [1.807, 2.05) is 18.2 Å². The highest BCUT2D eigenvalue weighted by Crippen LogP contribution is 2.16. The second-order valence-corrected chi connectivity index (χ2v) is 5.66. The molecule has 0 aliphatic heterocycles. The lowest BCUT2D eigenvalue weighted by molar-refractivity contribution is 0.514. The molecule has 3 heterocycles. The molecule has 0 unspecified atom stereocenters. The third-order valence-corrected chi connectivity index (χ3v) is 4.03. The summed E-state index contributed by atoms with van der Waals surface area (Å²) < 4.78 is 8.45. The number of aryl methyl sites for hydroxylation is 1. The van der Waals surface area contributed by atoms with Crippen LogP contribution in [0.5, 0.6) is 0 Å². The normalized spacial score (nSPS) is 11.5. The van der Waals surface area contributed by atoms with E-state index < -0.39 is 0 Å². The van der Waals surface area contributed by atoms with Crippen molar-refractivity contribution in [2.45, 2.75) is 11.7 Å². The average molecular weight is 313 g/mol. The molecule has 0 amide bonds. The van der Waals surface area contributed by atoms with Gasteiger partial charge in [0.2, 0.25) is 5.16 Å². The lowest BCUT2D eigenvalue weighted by Crippen LogP contribution is -2.15. The molecule has 22 heavy (non-hydrogen) atoms. The van der Waals surface area contributed by atoms with Crippen LogP contribution in [0.15, 0.2) is 57.1 Å². The van der Waals surface area contributed by atoms with Gasteiger partial charge in [0, 0.05) is 24.7 Å². The second-order valence-electron chi connectivity index (χ2n) is 4.59. The summed E-state index contributed by atoms with van der Waals surface area (Å²) in [6, 6.07) is 9.19. The maximum atomic E-state index is 11.9. The summed E-state index contributed by atoms with van der Waals surface area (Å²) in [6.45, 7) is 0.531. The van der Waals surface area contributed by atoms with Crippen LogP contribution in [0.4, 0.5) is 0 Å². The summed E-state index contributed by atoms with van der Waals surface area (Å²) in [5, 5.41) is 4.95. The second kappa shape index (κ2) is 5.30. The first-order valence-electron chi connectivity index (χ1n) is 6.70. The van der Waals surface area contributed by atoms with Gasteiger partial charge in [-0.05, 0) is 18.2 Å². The van der Waals surface area contributed by atoms with Crippen molar-refractivity contribution in [3.8, 4) is 0 Å². The summed E-state index contributed by atoms with van der Waals surface area (Å²) in [6.07, 6.45) is 3.48. The van der Waals surface area contributed by atoms with E-state index in [-0.39, 0.29) is 5.76 Å². The van der Waals surface area contributed by atoms with E-state index in [2.05, 4.69) is 15.1 Å². The molecule has 0 radical (unpaired) electrons. The molecule has 0 atom stereocenters. The molecule has 8 heteroatoms. The van der Waals surface area contributed by atoms with Crippen molar-refractivity contribution >= 4 is 28.6 Å². The molecule has 110 valence electrons. The van der Waals surface area contributed by atoms with Crippen molar-refractivity contribution in [1.29, 1.82) is 0 Å². The highest BCUT2D eigenvalue weighted by atomic mass is 32.2. The van der Waals surface area contributed by atoms with Crippen LogP contribution >= 0.6 is 11.8 Å². The van der Waals surface area contributed by atoms with E-state index in [1.165, 1.54) is 11.8 Å². The number of oxazole rings is 1. The number of aromatic nitrogens is 5. The van der Waals surface area contributed by atoms with E-state index in [1.54, 1.807) is 33.6 Å². The lowest BCUT2D eigenvalue weighted by atomic mass is 10.3. The van der Waals surface area contributed by atoms with Crippen LogP contribution in [0.2, 0.25) is 0 Å². The largest absolute Gasteiger partial charge is 0.419 e. The van der Waals surface area contributed by atoms with Crippen molar-refractivity contribution < 1.29 is 4.42 Å². The van der Waals surface area contributed by atoms with Gasteiger partial charge in [0.15, 0.2) is 5.58 Å². The molecule has 0 aliphatic rings. The van der Waals surface area contributed by atoms with Crippen LogP contribution in [0, 0.1) is 0 Å². The number of fused-ring (bicyclic) bond motifs is 2. The zero-order valence-electron chi connectivity index (χ0n) is 11.4. The standard InChI is InChI=1S/C14H11N5O2S/c20-14-18(10-4-1-2-5-11(10)21-14)8-9-22-13-16-12-15-6-3-7-19(12)17-13/h1-7H,8-9H2. The molecule has 0 saturated carbocycles. The number of rotatable bonds is 4. The predicted octanol–water partition coefficient (Wildman–Crippen LogP) is 1.82. The van der Waals surface area contributed by atoms with E-state index in [0.717, 1.165) is 5.52 Å². The van der Waals surface area contributed by atoms with Gasteiger partial charge in [-0.1, -0.05) is 23.9 Å². The summed E-state index contributed by atoms with van der Waals surface area (Å²) in [5.41, 5.74) is 1.41. The van der Waals surface area contributed by atoms with E-state index in [9.17, 15) is 4.79 Å². The Morgan fingerprint density at radius 2 is 2.14 bits per heavy atom. The Kier molecular flexibility index (Phi) is 3.15. The highest BCUT2D eigenvalue weighted by molar-refractivity contribution is 7.99. The number of hydrogen-bond donors (Lipinski definition) is 0. The van der Waals surface area contributed by atoms with E-state index in [0.29, 0.717) is 28.8 Å². The van der Waals surface area contributed by atoms with Gasteiger partial charge in [0.05, 0.1) is 5.52 Å². The molecule has 0 fully saturated rings. The first kappa shape index (κ1) is 13.1. The van der Waals surface area contributed by atoms with Gasteiger partial charge in [-0.2, -0.15) is 4.98 Å². The van der Waals surface area contributed by atoms with Gasteiger partial charge < -0.3 is 4.42 Å². The fraction of sp³-hybridized carbons (Fsp3) is 0.143. The Bertz CT molecular complexity index is 970. The summed E-state index contributed by atoms with van der Waals surface area (Å²) in [4.78, 5) is 20.3. The molecule has 0 spiro atoms. The van der Waals surface area contributed by atoms with Gasteiger partial charge in [0.25, 0.3) is 5.78 Å². The van der Waals surface area contributed by atoms with Crippen molar-refractivity contribution in [1.82, 2.24) is 24.1 Å². The maximum absolute atomic E-state index is 11.9. The van der Waals surface area contributed by atoms with Crippen molar-refractivity contribution in [3.05, 3.63) is 53.3 Å². The summed E-state index contributed by atoms with van der Waals surface area (Å²) >= 11 is 1.48. The molecule has 7 nitrogen and oxygen atoms in total. The molecule has 4 rings (SSSR count). The molecule has 0 saturated heterocycles. The average Bonchev–Trinajstić information content (AvgIpc) is 3.08. The predicted molar refractivity (Wildman–Crippen MR) is 82.0 cm³/mol. The van der Waals surface area contributed by atoms with Crippen LogP contribution in [0.1, 0.15) is 0 Å². The quantitative estimate of drug-likeness (QED) is 0.535. The third kappa shape index (κ3) is 2.27. The topological polar surface area (TPSA) is 78.2 Å². The van der Waals surface area contributed by atoms with Gasteiger partial charge in [0.1, 0.15) is 0 Å². The Morgan fingerprint density at radius 3 is 3.05 bits per heavy atom. The summed E-state index contributed by atoms with van der Waals surface area (Å²) in [5.74, 6) is 0.891. The molecule has 0 N–H and O–H groups in total. The molecule has 0 aliphatic carbocycles. The molecular formula is C14H11N5O2S. The van der Waals surface area contributed by atoms with Crippen LogP contribution in [0.3, 0.4) is 0 Å². The van der Waals surface area contributed by atoms with Crippen LogP contribution in [-0.4, -0.2) is 29.9 Å². The minimum Gasteiger partial charge on any atom is -0.408 e. The number of para-hydroxylation sites is 2. The number of benzene rings is 1. The Hall–Kier alpha value is -2.61. The lowest BCUT2D eigenvalue weighted by Gasteiger charge is -1.99. The van der Waals surface area contributed by atoms with Crippen molar-refractivity contribution in [2.24, 2.45) is 0 Å². The summed E-state index contributed by atoms with van der Waals surface area (Å²) in [7, 11) is 0. The van der Waals surface area contributed by atoms with Crippen LogP contribution in [-0.2, 0) is 6.54 Å². The van der Waals surface area contributed by atoms with Crippen LogP contribution < -0.4 is 5.76 Å². The first-order valence-corrected chi connectivity index (χ1v) is 7.68. The van der Waals surface area contributed by atoms with Crippen molar-refractivity contribution in [2.75, 3.05) is 5.75 Å². The zero-order valence-corrected chi connectivity index (χ0v) is 12.2. The Balaban J connectivity index is 1.52. The SMILES string of the molecule is O=c1oc2ccccc2n1CCSc1nc2ncccn2n1. The zero-order chi connectivity index (χ0) is 14.9. The van der Waals surface area contributed by atoms with Gasteiger partial charge in [-0.3, -0.25) is 4.57 Å². The fourth-order valence-corrected chi connectivity index (χ4v) is 2.98. The Morgan fingerprint density at radius 1 is 1.23 bits per heavy atom. The highest BCUT2D eigenvalue weighted by Gasteiger charge is 2.09. The van der Waals surface area contributed by atoms with Gasteiger partial charge in [-0.15, -0.1) is 5.10 Å². The molecule has 0 bridgehead atoms. The number of thioether (sulfide) groups is 1. The molecular weight excluding hydrogens is 302 g/mol. The monoisotopic (exact) mass is 313 g/mol. The molecule has 1 aromatic carbocycles. The van der Waals surface area contributed by atoms with Gasteiger partial charge >= 0.3 is 5.76 Å². The first-order chi connectivity index (χ1) is 10.8. The Labute approximate surface area is 128 Å². The minimum absolute atomic E-state index is 0.341. The maximum Gasteiger partial charge on any atom is 0.419 e. The smallest absolute Gasteiger partial charge is 0.408 e. The van der Waals surface area contributed by atoms with Gasteiger partial charge in [-0.25, -0.2) is 14.3 Å². The van der Waals surface area contributed by atoms with E-state index >= 15 is 0 Å². The number of hydrogen-bond acceptors (Lipinski definition) is 6. The van der Waals surface area contributed by atoms with E-state index in [4.69, 9.17) is 4.42 Å². The number of nitrogens with zero attached hydrogens (tertiary/aromatic N) is 5. The minimum atomic E-state index is -0.341. The van der Waals surface area contributed by atoms with Crippen molar-refractivity contribution in [3.63, 3.8) is 0 Å².